The van der Waals surface area contributed by atoms with Crippen LogP contribution in [0.5, 0.6) is 0 Å². The van der Waals surface area contributed by atoms with Gasteiger partial charge in [-0.2, -0.15) is 18.2 Å². The number of alkyl halides is 3. The first-order chi connectivity index (χ1) is 14.9. The van der Waals surface area contributed by atoms with Crippen molar-refractivity contribution in [2.45, 2.75) is 12.7 Å². The Morgan fingerprint density at radius 3 is 2.68 bits per heavy atom. The zero-order valence-corrected chi connectivity index (χ0v) is 17.2. The van der Waals surface area contributed by atoms with E-state index in [0.717, 1.165) is 17.0 Å². The number of rotatable bonds is 5. The van der Waals surface area contributed by atoms with Crippen LogP contribution in [0.3, 0.4) is 0 Å². The fourth-order valence-electron chi connectivity index (χ4n) is 3.23. The molecular formula is C21H19F3N4O2S. The first kappa shape index (κ1) is 21.3. The van der Waals surface area contributed by atoms with Gasteiger partial charge in [-0.1, -0.05) is 23.4 Å². The first-order valence-corrected chi connectivity index (χ1v) is 10.5. The zero-order valence-electron chi connectivity index (χ0n) is 16.4. The molecule has 1 aliphatic rings. The Morgan fingerprint density at radius 1 is 1.16 bits per heavy atom. The van der Waals surface area contributed by atoms with Crippen molar-refractivity contribution < 1.29 is 22.5 Å². The molecular weight excluding hydrogens is 429 g/mol. The van der Waals surface area contributed by atoms with Crippen LogP contribution in [-0.2, 0) is 17.5 Å². The summed E-state index contributed by atoms with van der Waals surface area (Å²) in [6.07, 6.45) is -1.04. The molecule has 4 rings (SSSR count). The summed E-state index contributed by atoms with van der Waals surface area (Å²) in [6, 6.07) is 8.72. The monoisotopic (exact) mass is 448 g/mol. The molecule has 0 aliphatic carbocycles. The van der Waals surface area contributed by atoms with Gasteiger partial charge in [-0.3, -0.25) is 9.69 Å². The van der Waals surface area contributed by atoms with E-state index in [2.05, 4.69) is 15.0 Å². The maximum atomic E-state index is 12.9. The molecule has 3 heterocycles. The van der Waals surface area contributed by atoms with Crippen molar-refractivity contribution in [3.8, 4) is 11.4 Å². The Balaban J connectivity index is 1.32. The summed E-state index contributed by atoms with van der Waals surface area (Å²) in [5.41, 5.74) is -0.511. The Hall–Kier alpha value is -2.98. The summed E-state index contributed by atoms with van der Waals surface area (Å²) < 4.78 is 43.9. The third-order valence-electron chi connectivity index (χ3n) is 4.89. The summed E-state index contributed by atoms with van der Waals surface area (Å²) in [6.45, 7) is 2.79. The lowest BCUT2D eigenvalue weighted by Crippen LogP contribution is -2.47. The molecule has 162 valence electrons. The number of piperazine rings is 1. The van der Waals surface area contributed by atoms with Crippen LogP contribution in [0, 0.1) is 0 Å². The van der Waals surface area contributed by atoms with Gasteiger partial charge in [0.05, 0.1) is 12.1 Å². The number of hydrogen-bond donors (Lipinski definition) is 0. The van der Waals surface area contributed by atoms with Crippen molar-refractivity contribution >= 4 is 23.3 Å². The Morgan fingerprint density at radius 2 is 1.97 bits per heavy atom. The molecule has 0 saturated carbocycles. The number of carbonyl (C=O) groups excluding carboxylic acids is 1. The van der Waals surface area contributed by atoms with Crippen LogP contribution in [0.15, 0.2) is 52.4 Å². The average molecular weight is 448 g/mol. The van der Waals surface area contributed by atoms with E-state index in [-0.39, 0.29) is 17.3 Å². The lowest BCUT2D eigenvalue weighted by molar-refractivity contribution is -0.137. The van der Waals surface area contributed by atoms with Gasteiger partial charge in [0.2, 0.25) is 17.6 Å². The smallest absolute Gasteiger partial charge is 0.338 e. The molecule has 31 heavy (non-hydrogen) atoms. The molecule has 10 heteroatoms. The summed E-state index contributed by atoms with van der Waals surface area (Å²) in [5.74, 6) is 0.413. The summed E-state index contributed by atoms with van der Waals surface area (Å²) in [4.78, 5) is 21.4. The maximum Gasteiger partial charge on any atom is 0.416 e. The highest BCUT2D eigenvalue weighted by molar-refractivity contribution is 7.10. The third-order valence-corrected chi connectivity index (χ3v) is 5.73. The average Bonchev–Trinajstić information content (AvgIpc) is 3.44. The van der Waals surface area contributed by atoms with Crippen LogP contribution in [-0.4, -0.2) is 52.0 Å². The summed E-state index contributed by atoms with van der Waals surface area (Å²) in [7, 11) is 0. The highest BCUT2D eigenvalue weighted by Gasteiger charge is 2.31. The third kappa shape index (κ3) is 5.39. The molecule has 1 aromatic carbocycles. The molecule has 1 aliphatic heterocycles. The second-order valence-electron chi connectivity index (χ2n) is 7.04. The largest absolute Gasteiger partial charge is 0.416 e. The SMILES string of the molecule is O=C(/C=C/c1cccs1)N1CCN(Cc2nc(-c3cccc(C(F)(F)F)c3)no2)CC1. The van der Waals surface area contributed by atoms with E-state index in [1.54, 1.807) is 22.3 Å². The number of aromatic nitrogens is 2. The van der Waals surface area contributed by atoms with Gasteiger partial charge in [0, 0.05) is 42.7 Å². The predicted octanol–water partition coefficient (Wildman–Crippen LogP) is 4.17. The van der Waals surface area contributed by atoms with Crippen LogP contribution < -0.4 is 0 Å². The second-order valence-corrected chi connectivity index (χ2v) is 8.02. The standard InChI is InChI=1S/C21H19F3N4O2S/c22-21(23,24)16-4-1-3-15(13-16)20-25-18(30-26-20)14-27-8-10-28(11-9-27)19(29)7-6-17-5-2-12-31-17/h1-7,12-13H,8-11,14H2/b7-6+. The van der Waals surface area contributed by atoms with Crippen molar-refractivity contribution in [1.82, 2.24) is 19.9 Å². The fraction of sp³-hybridized carbons (Fsp3) is 0.286. The molecule has 6 nitrogen and oxygen atoms in total. The van der Waals surface area contributed by atoms with E-state index >= 15 is 0 Å². The van der Waals surface area contributed by atoms with Crippen LogP contribution in [0.25, 0.3) is 17.5 Å². The van der Waals surface area contributed by atoms with E-state index < -0.39 is 11.7 Å². The number of carbonyl (C=O) groups is 1. The van der Waals surface area contributed by atoms with E-state index in [9.17, 15) is 18.0 Å². The van der Waals surface area contributed by atoms with E-state index in [1.165, 1.54) is 12.1 Å². The molecule has 0 atom stereocenters. The van der Waals surface area contributed by atoms with Gasteiger partial charge in [-0.15, -0.1) is 11.3 Å². The number of amides is 1. The van der Waals surface area contributed by atoms with E-state index in [1.807, 2.05) is 23.6 Å². The van der Waals surface area contributed by atoms with Gasteiger partial charge in [-0.05, 0) is 29.7 Å². The minimum atomic E-state index is -4.43. The number of hydrogen-bond acceptors (Lipinski definition) is 6. The molecule has 0 unspecified atom stereocenters. The number of benzene rings is 1. The highest BCUT2D eigenvalue weighted by Crippen LogP contribution is 2.31. The number of thiophene rings is 1. The lowest BCUT2D eigenvalue weighted by atomic mass is 10.1. The quantitative estimate of drug-likeness (QED) is 0.548. The molecule has 1 saturated heterocycles. The van der Waals surface area contributed by atoms with E-state index in [0.29, 0.717) is 38.6 Å². The normalized spacial score (nSPS) is 15.6. The van der Waals surface area contributed by atoms with Gasteiger partial charge in [0.25, 0.3) is 0 Å². The van der Waals surface area contributed by atoms with Crippen LogP contribution in [0.1, 0.15) is 16.3 Å². The van der Waals surface area contributed by atoms with Crippen molar-refractivity contribution in [3.63, 3.8) is 0 Å². The summed E-state index contributed by atoms with van der Waals surface area (Å²) >= 11 is 1.57. The first-order valence-electron chi connectivity index (χ1n) is 9.61. The summed E-state index contributed by atoms with van der Waals surface area (Å²) in [5, 5.41) is 5.77. The molecule has 0 spiro atoms. The van der Waals surface area contributed by atoms with E-state index in [4.69, 9.17) is 4.52 Å². The van der Waals surface area contributed by atoms with Gasteiger partial charge in [0.15, 0.2) is 0 Å². The zero-order chi connectivity index (χ0) is 21.8. The second kappa shape index (κ2) is 9.03. The topological polar surface area (TPSA) is 62.5 Å². The minimum Gasteiger partial charge on any atom is -0.338 e. The molecule has 1 amide bonds. The molecule has 0 N–H and O–H groups in total. The molecule has 3 aromatic rings. The van der Waals surface area contributed by atoms with Crippen molar-refractivity contribution in [3.05, 3.63) is 64.2 Å². The van der Waals surface area contributed by atoms with Gasteiger partial charge in [0.1, 0.15) is 0 Å². The highest BCUT2D eigenvalue weighted by atomic mass is 32.1. The Bertz CT molecular complexity index is 1050. The lowest BCUT2D eigenvalue weighted by Gasteiger charge is -2.33. The van der Waals surface area contributed by atoms with Crippen LogP contribution in [0.2, 0.25) is 0 Å². The minimum absolute atomic E-state index is 0.0299. The van der Waals surface area contributed by atoms with Gasteiger partial charge in [-0.25, -0.2) is 0 Å². The molecule has 0 bridgehead atoms. The fourth-order valence-corrected chi connectivity index (χ4v) is 3.85. The predicted molar refractivity (Wildman–Crippen MR) is 110 cm³/mol. The maximum absolute atomic E-state index is 12.9. The van der Waals surface area contributed by atoms with Crippen molar-refractivity contribution in [2.24, 2.45) is 0 Å². The molecule has 1 fully saturated rings. The Kier molecular flexibility index (Phi) is 6.19. The van der Waals surface area contributed by atoms with Crippen LogP contribution in [0.4, 0.5) is 13.2 Å². The van der Waals surface area contributed by atoms with Gasteiger partial charge >= 0.3 is 6.18 Å². The molecule has 0 radical (unpaired) electrons. The number of halogens is 3. The Labute approximate surface area is 180 Å². The van der Waals surface area contributed by atoms with Crippen molar-refractivity contribution in [2.75, 3.05) is 26.2 Å². The number of nitrogens with zero attached hydrogens (tertiary/aromatic N) is 4. The molecule has 2 aromatic heterocycles. The van der Waals surface area contributed by atoms with Gasteiger partial charge < -0.3 is 9.42 Å². The van der Waals surface area contributed by atoms with Crippen molar-refractivity contribution in [1.29, 1.82) is 0 Å². The van der Waals surface area contributed by atoms with Crippen LogP contribution >= 0.6 is 11.3 Å².